The zero-order chi connectivity index (χ0) is 14.1. The van der Waals surface area contributed by atoms with Crippen LogP contribution in [0.4, 0.5) is 0 Å². The fourth-order valence-electron chi connectivity index (χ4n) is 1.81. The van der Waals surface area contributed by atoms with Crippen LogP contribution in [0.2, 0.25) is 0 Å². The molecular weight excluding hydrogens is 232 g/mol. The second-order valence-corrected chi connectivity index (χ2v) is 5.26. The largest absolute Gasteiger partial charge is 0.480 e. The number of nitrogens with one attached hydrogen (secondary N) is 1. The van der Waals surface area contributed by atoms with Gasteiger partial charge in [0.05, 0.1) is 0 Å². The van der Waals surface area contributed by atoms with Crippen molar-refractivity contribution < 1.29 is 14.7 Å². The molecule has 106 valence electrons. The number of rotatable bonds is 9. The molecule has 0 aromatic carbocycles. The summed E-state index contributed by atoms with van der Waals surface area (Å²) in [5.41, 5.74) is 5.37. The molecule has 0 heterocycles. The highest BCUT2D eigenvalue weighted by Gasteiger charge is 2.14. The van der Waals surface area contributed by atoms with Crippen molar-refractivity contribution in [3.05, 3.63) is 0 Å². The van der Waals surface area contributed by atoms with Crippen LogP contribution in [0, 0.1) is 11.8 Å². The standard InChI is InChI=1S/C13H26N2O3/c1-9(2)8-10(3)12(16)15-7-5-4-6-11(14)13(17)18/h9-11H,4-8,14H2,1-3H3,(H,15,16)(H,17,18). The van der Waals surface area contributed by atoms with E-state index in [1.165, 1.54) is 0 Å². The molecule has 0 aliphatic heterocycles. The third-order valence-corrected chi connectivity index (χ3v) is 2.83. The molecule has 1 amide bonds. The Labute approximate surface area is 109 Å². The predicted molar refractivity (Wildman–Crippen MR) is 71.1 cm³/mol. The first-order valence-corrected chi connectivity index (χ1v) is 6.60. The van der Waals surface area contributed by atoms with Gasteiger partial charge < -0.3 is 16.2 Å². The van der Waals surface area contributed by atoms with Crippen molar-refractivity contribution in [1.29, 1.82) is 0 Å². The van der Waals surface area contributed by atoms with E-state index in [1.807, 2.05) is 6.92 Å². The Morgan fingerprint density at radius 3 is 2.33 bits per heavy atom. The average molecular weight is 258 g/mol. The molecule has 0 aliphatic carbocycles. The highest BCUT2D eigenvalue weighted by atomic mass is 16.4. The van der Waals surface area contributed by atoms with Gasteiger partial charge in [0.1, 0.15) is 6.04 Å². The molecule has 0 saturated heterocycles. The zero-order valence-corrected chi connectivity index (χ0v) is 11.6. The maximum Gasteiger partial charge on any atom is 0.320 e. The number of carboxylic acid groups (broad SMARTS) is 1. The van der Waals surface area contributed by atoms with Crippen molar-refractivity contribution in [3.63, 3.8) is 0 Å². The number of carbonyl (C=O) groups is 2. The molecule has 0 aromatic rings. The molecule has 0 rings (SSSR count). The van der Waals surface area contributed by atoms with Crippen LogP contribution in [0.1, 0.15) is 46.5 Å². The maximum atomic E-state index is 11.7. The lowest BCUT2D eigenvalue weighted by atomic mass is 9.98. The Balaban J connectivity index is 3.60. The topological polar surface area (TPSA) is 92.4 Å². The molecule has 0 spiro atoms. The average Bonchev–Trinajstić information content (AvgIpc) is 2.26. The quantitative estimate of drug-likeness (QED) is 0.544. The van der Waals surface area contributed by atoms with Gasteiger partial charge in [0.15, 0.2) is 0 Å². The summed E-state index contributed by atoms with van der Waals surface area (Å²) in [7, 11) is 0. The first-order valence-electron chi connectivity index (χ1n) is 6.60. The lowest BCUT2D eigenvalue weighted by molar-refractivity contribution is -0.138. The van der Waals surface area contributed by atoms with E-state index in [1.54, 1.807) is 0 Å². The molecular formula is C13H26N2O3. The molecule has 0 bridgehead atoms. The zero-order valence-electron chi connectivity index (χ0n) is 11.6. The first-order chi connectivity index (χ1) is 8.34. The van der Waals surface area contributed by atoms with Gasteiger partial charge in [0.25, 0.3) is 0 Å². The van der Waals surface area contributed by atoms with E-state index in [0.717, 1.165) is 12.8 Å². The minimum Gasteiger partial charge on any atom is -0.480 e. The Kier molecular flexibility index (Phi) is 8.37. The number of aliphatic carboxylic acids is 1. The fraction of sp³-hybridized carbons (Fsp3) is 0.846. The Hall–Kier alpha value is -1.10. The van der Waals surface area contributed by atoms with Crippen LogP contribution in [0.5, 0.6) is 0 Å². The van der Waals surface area contributed by atoms with E-state index in [4.69, 9.17) is 10.8 Å². The lowest BCUT2D eigenvalue weighted by Crippen LogP contribution is -2.32. The normalized spacial score (nSPS) is 14.3. The van der Waals surface area contributed by atoms with Crippen molar-refractivity contribution >= 4 is 11.9 Å². The number of hydrogen-bond donors (Lipinski definition) is 3. The van der Waals surface area contributed by atoms with Gasteiger partial charge in [0, 0.05) is 12.5 Å². The van der Waals surface area contributed by atoms with Gasteiger partial charge in [-0.25, -0.2) is 0 Å². The van der Waals surface area contributed by atoms with Crippen molar-refractivity contribution in [2.45, 2.75) is 52.5 Å². The number of nitrogens with two attached hydrogens (primary N) is 1. The SMILES string of the molecule is CC(C)CC(C)C(=O)NCCCCC(N)C(=O)O. The van der Waals surface area contributed by atoms with E-state index in [-0.39, 0.29) is 11.8 Å². The Morgan fingerprint density at radius 2 is 1.83 bits per heavy atom. The minimum absolute atomic E-state index is 0.0336. The van der Waals surface area contributed by atoms with Crippen molar-refractivity contribution in [3.8, 4) is 0 Å². The number of carboxylic acids is 1. The molecule has 5 nitrogen and oxygen atoms in total. The number of carbonyl (C=O) groups excluding carboxylic acids is 1. The minimum atomic E-state index is -0.968. The number of hydrogen-bond acceptors (Lipinski definition) is 3. The Bertz CT molecular complexity index is 267. The predicted octanol–water partition coefficient (Wildman–Crippen LogP) is 1.37. The summed E-state index contributed by atoms with van der Waals surface area (Å²) in [6.07, 6.45) is 2.82. The van der Waals surface area contributed by atoms with Crippen molar-refractivity contribution in [2.24, 2.45) is 17.6 Å². The van der Waals surface area contributed by atoms with Crippen molar-refractivity contribution in [2.75, 3.05) is 6.54 Å². The monoisotopic (exact) mass is 258 g/mol. The molecule has 5 heteroatoms. The lowest BCUT2D eigenvalue weighted by Gasteiger charge is -2.14. The molecule has 0 radical (unpaired) electrons. The van der Waals surface area contributed by atoms with E-state index >= 15 is 0 Å². The summed E-state index contributed by atoms with van der Waals surface area (Å²) in [5.74, 6) is -0.346. The second kappa shape index (κ2) is 8.91. The third-order valence-electron chi connectivity index (χ3n) is 2.83. The fourth-order valence-corrected chi connectivity index (χ4v) is 1.81. The van der Waals surface area contributed by atoms with Crippen LogP contribution in [-0.2, 0) is 9.59 Å². The molecule has 2 atom stereocenters. The van der Waals surface area contributed by atoms with E-state index in [0.29, 0.717) is 25.3 Å². The van der Waals surface area contributed by atoms with E-state index in [9.17, 15) is 9.59 Å². The summed E-state index contributed by atoms with van der Waals surface area (Å²) in [6, 6.07) is -0.791. The summed E-state index contributed by atoms with van der Waals surface area (Å²) < 4.78 is 0. The van der Waals surface area contributed by atoms with Gasteiger partial charge in [-0.15, -0.1) is 0 Å². The summed E-state index contributed by atoms with van der Waals surface area (Å²) in [6.45, 7) is 6.71. The van der Waals surface area contributed by atoms with Crippen LogP contribution < -0.4 is 11.1 Å². The van der Waals surface area contributed by atoms with Gasteiger partial charge in [-0.05, 0) is 31.6 Å². The molecule has 0 fully saturated rings. The van der Waals surface area contributed by atoms with Crippen molar-refractivity contribution in [1.82, 2.24) is 5.32 Å². The smallest absolute Gasteiger partial charge is 0.320 e. The number of amides is 1. The third kappa shape index (κ3) is 8.06. The maximum absolute atomic E-state index is 11.7. The number of unbranched alkanes of at least 4 members (excludes halogenated alkanes) is 1. The summed E-state index contributed by atoms with van der Waals surface area (Å²) >= 11 is 0. The summed E-state index contributed by atoms with van der Waals surface area (Å²) in [4.78, 5) is 22.1. The molecule has 0 aromatic heterocycles. The van der Waals surface area contributed by atoms with Gasteiger partial charge in [0.2, 0.25) is 5.91 Å². The van der Waals surface area contributed by atoms with Gasteiger partial charge >= 0.3 is 5.97 Å². The highest BCUT2D eigenvalue weighted by molar-refractivity contribution is 5.78. The van der Waals surface area contributed by atoms with Gasteiger partial charge in [-0.2, -0.15) is 0 Å². The molecule has 4 N–H and O–H groups in total. The van der Waals surface area contributed by atoms with Gasteiger partial charge in [-0.3, -0.25) is 9.59 Å². The Morgan fingerprint density at radius 1 is 1.22 bits per heavy atom. The van der Waals surface area contributed by atoms with Gasteiger partial charge in [-0.1, -0.05) is 20.8 Å². The van der Waals surface area contributed by atoms with Crippen LogP contribution >= 0.6 is 0 Å². The molecule has 0 saturated carbocycles. The second-order valence-electron chi connectivity index (χ2n) is 5.26. The van der Waals surface area contributed by atoms with Crippen LogP contribution in [-0.4, -0.2) is 29.6 Å². The molecule has 18 heavy (non-hydrogen) atoms. The van der Waals surface area contributed by atoms with Crippen LogP contribution in [0.3, 0.4) is 0 Å². The molecule has 2 unspecified atom stereocenters. The van der Waals surface area contributed by atoms with Crippen LogP contribution in [0.15, 0.2) is 0 Å². The summed E-state index contributed by atoms with van der Waals surface area (Å²) in [5, 5.41) is 11.5. The highest BCUT2D eigenvalue weighted by Crippen LogP contribution is 2.10. The molecule has 0 aliphatic rings. The first kappa shape index (κ1) is 16.9. The van der Waals surface area contributed by atoms with E-state index in [2.05, 4.69) is 19.2 Å². The van der Waals surface area contributed by atoms with Crippen LogP contribution in [0.25, 0.3) is 0 Å². The van der Waals surface area contributed by atoms with E-state index < -0.39 is 12.0 Å².